The number of hydrogen-bond donors (Lipinski definition) is 1. The van der Waals surface area contributed by atoms with E-state index in [1.807, 2.05) is 6.92 Å². The monoisotopic (exact) mass is 393 g/mol. The SMILES string of the molecule is CCNC(c1ccc(Cl)c(F)c1)c1ccc(Br)c(Cl)c1F. The molecule has 0 aliphatic heterocycles. The molecule has 2 rings (SSSR count). The first kappa shape index (κ1) is 16.7. The molecule has 0 radical (unpaired) electrons. The van der Waals surface area contributed by atoms with E-state index in [0.29, 0.717) is 22.1 Å². The summed E-state index contributed by atoms with van der Waals surface area (Å²) in [6.07, 6.45) is 0. The van der Waals surface area contributed by atoms with Crippen LogP contribution in [0.1, 0.15) is 24.1 Å². The van der Waals surface area contributed by atoms with Gasteiger partial charge in [-0.2, -0.15) is 0 Å². The Morgan fingerprint density at radius 1 is 1.19 bits per heavy atom. The number of nitrogens with one attached hydrogen (secondary N) is 1. The van der Waals surface area contributed by atoms with Crippen molar-refractivity contribution in [3.05, 3.63) is 67.6 Å². The van der Waals surface area contributed by atoms with Crippen LogP contribution in [0.2, 0.25) is 10.0 Å². The molecule has 6 heteroatoms. The Morgan fingerprint density at radius 3 is 2.52 bits per heavy atom. The van der Waals surface area contributed by atoms with Crippen molar-refractivity contribution in [2.24, 2.45) is 0 Å². The summed E-state index contributed by atoms with van der Waals surface area (Å²) < 4.78 is 28.5. The van der Waals surface area contributed by atoms with E-state index in [2.05, 4.69) is 21.2 Å². The first-order chi connectivity index (χ1) is 9.95. The largest absolute Gasteiger partial charge is 0.306 e. The van der Waals surface area contributed by atoms with Crippen LogP contribution in [0.5, 0.6) is 0 Å². The minimum atomic E-state index is -0.541. The van der Waals surface area contributed by atoms with Gasteiger partial charge in [0.1, 0.15) is 11.6 Å². The third-order valence-corrected chi connectivity index (χ3v) is 4.63. The van der Waals surface area contributed by atoms with Gasteiger partial charge in [0.05, 0.1) is 16.1 Å². The van der Waals surface area contributed by atoms with Gasteiger partial charge < -0.3 is 5.32 Å². The van der Waals surface area contributed by atoms with Crippen molar-refractivity contribution in [2.45, 2.75) is 13.0 Å². The number of rotatable bonds is 4. The minimum Gasteiger partial charge on any atom is -0.306 e. The van der Waals surface area contributed by atoms with Gasteiger partial charge in [0.15, 0.2) is 0 Å². The van der Waals surface area contributed by atoms with Gasteiger partial charge in [0.2, 0.25) is 0 Å². The zero-order valence-electron chi connectivity index (χ0n) is 11.1. The maximum atomic E-state index is 14.4. The van der Waals surface area contributed by atoms with E-state index in [1.165, 1.54) is 12.1 Å². The summed E-state index contributed by atoms with van der Waals surface area (Å²) in [5.41, 5.74) is 0.933. The van der Waals surface area contributed by atoms with Gasteiger partial charge in [0.25, 0.3) is 0 Å². The highest BCUT2D eigenvalue weighted by atomic mass is 79.9. The number of hydrogen-bond acceptors (Lipinski definition) is 1. The first-order valence-electron chi connectivity index (χ1n) is 6.27. The molecule has 21 heavy (non-hydrogen) atoms. The highest BCUT2D eigenvalue weighted by molar-refractivity contribution is 9.10. The van der Waals surface area contributed by atoms with Gasteiger partial charge in [-0.1, -0.05) is 42.3 Å². The zero-order valence-corrected chi connectivity index (χ0v) is 14.2. The Morgan fingerprint density at radius 2 is 1.90 bits per heavy atom. The van der Waals surface area contributed by atoms with E-state index in [9.17, 15) is 8.78 Å². The lowest BCUT2D eigenvalue weighted by Crippen LogP contribution is -2.23. The summed E-state index contributed by atoms with van der Waals surface area (Å²) in [6, 6.07) is 7.18. The summed E-state index contributed by atoms with van der Waals surface area (Å²) in [5, 5.41) is 3.16. The molecule has 0 saturated carbocycles. The fraction of sp³-hybridized carbons (Fsp3) is 0.200. The highest BCUT2D eigenvalue weighted by Gasteiger charge is 2.21. The quantitative estimate of drug-likeness (QED) is 0.652. The highest BCUT2D eigenvalue weighted by Crippen LogP contribution is 2.33. The Kier molecular flexibility index (Phi) is 5.60. The standard InChI is InChI=1S/C15H12BrCl2F2N/c1-2-21-15(8-3-6-11(17)12(19)7-8)9-4-5-10(16)13(18)14(9)20/h3-7,15,21H,2H2,1H3. The fourth-order valence-corrected chi connectivity index (χ4v) is 2.66. The molecule has 1 unspecified atom stereocenters. The molecule has 0 aromatic heterocycles. The van der Waals surface area contributed by atoms with Crippen LogP contribution < -0.4 is 5.32 Å². The maximum absolute atomic E-state index is 14.4. The van der Waals surface area contributed by atoms with Crippen molar-refractivity contribution < 1.29 is 8.78 Å². The number of benzene rings is 2. The van der Waals surface area contributed by atoms with Gasteiger partial charge in [-0.3, -0.25) is 0 Å². The average molecular weight is 395 g/mol. The minimum absolute atomic E-state index is 0.00448. The van der Waals surface area contributed by atoms with E-state index in [4.69, 9.17) is 23.2 Å². The van der Waals surface area contributed by atoms with E-state index < -0.39 is 17.7 Å². The smallest absolute Gasteiger partial charge is 0.148 e. The molecule has 2 aromatic carbocycles. The first-order valence-corrected chi connectivity index (χ1v) is 7.82. The second-order valence-corrected chi connectivity index (χ2v) is 6.07. The Labute approximate surface area is 140 Å². The van der Waals surface area contributed by atoms with Crippen molar-refractivity contribution >= 4 is 39.1 Å². The maximum Gasteiger partial charge on any atom is 0.148 e. The predicted molar refractivity (Wildman–Crippen MR) is 86.0 cm³/mol. The summed E-state index contributed by atoms with van der Waals surface area (Å²) in [5.74, 6) is -1.08. The van der Waals surface area contributed by atoms with Crippen LogP contribution in [0.4, 0.5) is 8.78 Å². The van der Waals surface area contributed by atoms with E-state index >= 15 is 0 Å². The van der Waals surface area contributed by atoms with Crippen molar-refractivity contribution in [3.8, 4) is 0 Å². The summed E-state index contributed by atoms with van der Waals surface area (Å²) >= 11 is 14.8. The molecule has 0 aliphatic rings. The van der Waals surface area contributed by atoms with Gasteiger partial charge in [-0.25, -0.2) is 8.78 Å². The topological polar surface area (TPSA) is 12.0 Å². The Bertz CT molecular complexity index is 664. The number of halogens is 5. The molecule has 1 N–H and O–H groups in total. The van der Waals surface area contributed by atoms with Gasteiger partial charge in [-0.05, 0) is 46.2 Å². The van der Waals surface area contributed by atoms with Gasteiger partial charge >= 0.3 is 0 Å². The third kappa shape index (κ3) is 3.57. The molecule has 0 fully saturated rings. The lowest BCUT2D eigenvalue weighted by molar-refractivity contribution is 0.554. The molecule has 2 aromatic rings. The zero-order chi connectivity index (χ0) is 15.6. The van der Waals surface area contributed by atoms with E-state index in [0.717, 1.165) is 0 Å². The van der Waals surface area contributed by atoms with Crippen LogP contribution in [0.25, 0.3) is 0 Å². The third-order valence-electron chi connectivity index (χ3n) is 3.06. The molecule has 1 nitrogen and oxygen atoms in total. The van der Waals surface area contributed by atoms with Crippen LogP contribution in [-0.2, 0) is 0 Å². The molecular weight excluding hydrogens is 383 g/mol. The van der Waals surface area contributed by atoms with Gasteiger partial charge in [0, 0.05) is 10.0 Å². The molecule has 0 bridgehead atoms. The second-order valence-electron chi connectivity index (χ2n) is 4.43. The lowest BCUT2D eigenvalue weighted by atomic mass is 9.98. The van der Waals surface area contributed by atoms with Gasteiger partial charge in [-0.15, -0.1) is 0 Å². The average Bonchev–Trinajstić information content (AvgIpc) is 2.46. The molecule has 0 spiro atoms. The molecular formula is C15H12BrCl2F2N. The molecule has 0 aliphatic carbocycles. The second kappa shape index (κ2) is 7.05. The van der Waals surface area contributed by atoms with Crippen LogP contribution in [-0.4, -0.2) is 6.54 Å². The normalized spacial score (nSPS) is 12.5. The van der Waals surface area contributed by atoms with Crippen molar-refractivity contribution in [2.75, 3.05) is 6.54 Å². The molecule has 112 valence electrons. The van der Waals surface area contributed by atoms with Crippen molar-refractivity contribution in [1.29, 1.82) is 0 Å². The molecule has 0 amide bonds. The summed E-state index contributed by atoms with van der Waals surface area (Å²) in [7, 11) is 0. The molecule has 1 atom stereocenters. The van der Waals surface area contributed by atoms with Crippen LogP contribution >= 0.6 is 39.1 Å². The Hall–Kier alpha value is -0.680. The Balaban J connectivity index is 2.53. The van der Waals surface area contributed by atoms with Crippen molar-refractivity contribution in [3.63, 3.8) is 0 Å². The van der Waals surface area contributed by atoms with Crippen LogP contribution in [0.3, 0.4) is 0 Å². The lowest BCUT2D eigenvalue weighted by Gasteiger charge is -2.20. The molecule has 0 heterocycles. The summed E-state index contributed by atoms with van der Waals surface area (Å²) in [4.78, 5) is 0. The summed E-state index contributed by atoms with van der Waals surface area (Å²) in [6.45, 7) is 2.47. The van der Waals surface area contributed by atoms with E-state index in [1.54, 1.807) is 18.2 Å². The fourth-order valence-electron chi connectivity index (χ4n) is 2.07. The molecule has 0 saturated heterocycles. The van der Waals surface area contributed by atoms with Crippen LogP contribution in [0, 0.1) is 11.6 Å². The van der Waals surface area contributed by atoms with E-state index in [-0.39, 0.29) is 10.0 Å². The van der Waals surface area contributed by atoms with Crippen molar-refractivity contribution in [1.82, 2.24) is 5.32 Å². The van der Waals surface area contributed by atoms with Crippen LogP contribution in [0.15, 0.2) is 34.8 Å². The predicted octanol–water partition coefficient (Wildman–Crippen LogP) is 5.73.